The highest BCUT2D eigenvalue weighted by Crippen LogP contribution is 2.19. The Hall–Kier alpha value is -2.74. The first-order valence-electron chi connectivity index (χ1n) is 8.63. The molecule has 0 atom stereocenters. The van der Waals surface area contributed by atoms with Gasteiger partial charge in [-0.2, -0.15) is 0 Å². The number of hydrogen-bond donors (Lipinski definition) is 2. The molecule has 0 fully saturated rings. The monoisotopic (exact) mass is 387 g/mol. The first-order valence-corrected chi connectivity index (χ1v) is 9.44. The molecule has 0 saturated heterocycles. The summed E-state index contributed by atoms with van der Waals surface area (Å²) in [5.41, 5.74) is 2.65. The molecule has 0 amide bonds. The van der Waals surface area contributed by atoms with Gasteiger partial charge in [0.05, 0.1) is 17.9 Å². The molecular weight excluding hydrogens is 365 g/mol. The number of nitrogens with one attached hydrogen (secondary N) is 2. The van der Waals surface area contributed by atoms with Gasteiger partial charge in [0.1, 0.15) is 17.1 Å². The van der Waals surface area contributed by atoms with E-state index in [1.54, 1.807) is 36.8 Å². The van der Waals surface area contributed by atoms with Gasteiger partial charge in [0, 0.05) is 30.5 Å². The van der Waals surface area contributed by atoms with E-state index in [0.717, 1.165) is 22.0 Å². The Labute approximate surface area is 161 Å². The third-order valence-corrected chi connectivity index (χ3v) is 5.09. The minimum absolute atomic E-state index is 0.281. The average molecular weight is 387 g/mol. The van der Waals surface area contributed by atoms with Crippen molar-refractivity contribution in [1.82, 2.24) is 20.6 Å². The van der Waals surface area contributed by atoms with Gasteiger partial charge in [0.15, 0.2) is 5.96 Å². The van der Waals surface area contributed by atoms with E-state index in [1.165, 1.54) is 17.0 Å². The van der Waals surface area contributed by atoms with Gasteiger partial charge in [-0.25, -0.2) is 14.4 Å². The molecule has 27 heavy (non-hydrogen) atoms. The quantitative estimate of drug-likeness (QED) is 0.500. The van der Waals surface area contributed by atoms with Gasteiger partial charge >= 0.3 is 0 Å². The van der Waals surface area contributed by atoms with Gasteiger partial charge in [-0.1, -0.05) is 0 Å². The van der Waals surface area contributed by atoms with Crippen LogP contribution in [0.1, 0.15) is 21.3 Å². The maximum atomic E-state index is 13.0. The van der Waals surface area contributed by atoms with Crippen molar-refractivity contribution >= 4 is 17.3 Å². The van der Waals surface area contributed by atoms with Crippen LogP contribution in [0.5, 0.6) is 0 Å². The zero-order chi connectivity index (χ0) is 19.2. The van der Waals surface area contributed by atoms with Crippen molar-refractivity contribution in [3.05, 3.63) is 57.6 Å². The summed E-state index contributed by atoms with van der Waals surface area (Å²) in [7, 11) is 1.73. The van der Waals surface area contributed by atoms with Crippen LogP contribution >= 0.6 is 11.3 Å². The number of aryl methyl sites for hydroxylation is 2. The molecule has 1 aromatic carbocycles. The molecule has 0 radical (unpaired) electrons. The van der Waals surface area contributed by atoms with Crippen molar-refractivity contribution in [2.45, 2.75) is 26.8 Å². The van der Waals surface area contributed by atoms with Crippen LogP contribution in [0.4, 0.5) is 4.39 Å². The van der Waals surface area contributed by atoms with Crippen LogP contribution < -0.4 is 10.6 Å². The molecule has 0 spiro atoms. The van der Waals surface area contributed by atoms with Crippen molar-refractivity contribution in [3.63, 3.8) is 0 Å². The van der Waals surface area contributed by atoms with E-state index in [9.17, 15) is 4.39 Å². The molecule has 0 aliphatic rings. The lowest BCUT2D eigenvalue weighted by molar-refractivity contribution is 0.571. The summed E-state index contributed by atoms with van der Waals surface area (Å²) >= 11 is 1.69. The van der Waals surface area contributed by atoms with Crippen LogP contribution in [0, 0.1) is 19.7 Å². The second-order valence-corrected chi connectivity index (χ2v) is 7.29. The first-order chi connectivity index (χ1) is 13.0. The van der Waals surface area contributed by atoms with Crippen molar-refractivity contribution in [1.29, 1.82) is 0 Å². The van der Waals surface area contributed by atoms with E-state index in [4.69, 9.17) is 4.42 Å². The summed E-state index contributed by atoms with van der Waals surface area (Å²) in [6, 6.07) is 6.08. The standard InChI is InChI=1S/C19H22FN5OS/c1-12-13(2)27-17(24-12)10-23-19(21-3)22-9-8-16-11-26-18(25-16)14-4-6-15(20)7-5-14/h4-7,11H,8-10H2,1-3H3,(H2,21,22,23). The van der Waals surface area contributed by atoms with E-state index < -0.39 is 0 Å². The van der Waals surface area contributed by atoms with Gasteiger partial charge < -0.3 is 15.1 Å². The van der Waals surface area contributed by atoms with Gasteiger partial charge in [-0.3, -0.25) is 4.99 Å². The van der Waals surface area contributed by atoms with Crippen LogP contribution in [-0.4, -0.2) is 29.5 Å². The Morgan fingerprint density at radius 3 is 2.63 bits per heavy atom. The highest BCUT2D eigenvalue weighted by Gasteiger charge is 2.08. The van der Waals surface area contributed by atoms with Crippen molar-refractivity contribution in [2.24, 2.45) is 4.99 Å². The third-order valence-electron chi connectivity index (χ3n) is 4.02. The summed E-state index contributed by atoms with van der Waals surface area (Å²) in [5.74, 6) is 0.918. The Morgan fingerprint density at radius 2 is 1.96 bits per heavy atom. The summed E-state index contributed by atoms with van der Waals surface area (Å²) in [5, 5.41) is 7.54. The number of guanidine groups is 1. The predicted octanol–water partition coefficient (Wildman–Crippen LogP) is 3.46. The smallest absolute Gasteiger partial charge is 0.226 e. The highest BCUT2D eigenvalue weighted by atomic mass is 32.1. The molecule has 142 valence electrons. The second-order valence-electron chi connectivity index (χ2n) is 6.00. The number of hydrogen-bond acceptors (Lipinski definition) is 5. The highest BCUT2D eigenvalue weighted by molar-refractivity contribution is 7.11. The minimum atomic E-state index is -0.281. The van der Waals surface area contributed by atoms with E-state index in [1.807, 2.05) is 6.92 Å². The zero-order valence-electron chi connectivity index (χ0n) is 15.5. The average Bonchev–Trinajstić information content (AvgIpc) is 3.25. The van der Waals surface area contributed by atoms with E-state index >= 15 is 0 Å². The number of oxazole rings is 1. The molecule has 6 nitrogen and oxygen atoms in total. The number of thiazole rings is 1. The fourth-order valence-electron chi connectivity index (χ4n) is 2.45. The normalized spacial score (nSPS) is 11.6. The summed E-state index contributed by atoms with van der Waals surface area (Å²) < 4.78 is 18.5. The summed E-state index contributed by atoms with van der Waals surface area (Å²) in [4.78, 5) is 14.4. The third kappa shape index (κ3) is 5.13. The number of aliphatic imine (C=N–C) groups is 1. The van der Waals surface area contributed by atoms with Crippen molar-refractivity contribution in [3.8, 4) is 11.5 Å². The van der Waals surface area contributed by atoms with Crippen LogP contribution in [0.25, 0.3) is 11.5 Å². The predicted molar refractivity (Wildman–Crippen MR) is 105 cm³/mol. The van der Waals surface area contributed by atoms with Crippen LogP contribution in [0.15, 0.2) is 39.9 Å². The molecule has 3 aromatic rings. The van der Waals surface area contributed by atoms with E-state index in [0.29, 0.717) is 31.4 Å². The van der Waals surface area contributed by atoms with Gasteiger partial charge in [-0.15, -0.1) is 11.3 Å². The molecule has 0 saturated carbocycles. The van der Waals surface area contributed by atoms with Crippen molar-refractivity contribution < 1.29 is 8.81 Å². The number of nitrogens with zero attached hydrogens (tertiary/aromatic N) is 3. The van der Waals surface area contributed by atoms with Crippen molar-refractivity contribution in [2.75, 3.05) is 13.6 Å². The van der Waals surface area contributed by atoms with Crippen LogP contribution in [0.2, 0.25) is 0 Å². The van der Waals surface area contributed by atoms with E-state index in [-0.39, 0.29) is 5.82 Å². The Morgan fingerprint density at radius 1 is 1.19 bits per heavy atom. The Bertz CT molecular complexity index is 897. The SMILES string of the molecule is CN=C(NCCc1coc(-c2ccc(F)cc2)n1)NCc1nc(C)c(C)s1. The fraction of sp³-hybridized carbons (Fsp3) is 0.316. The molecule has 8 heteroatoms. The summed E-state index contributed by atoms with van der Waals surface area (Å²) in [6.45, 7) is 5.38. The fourth-order valence-corrected chi connectivity index (χ4v) is 3.32. The second kappa shape index (κ2) is 8.77. The van der Waals surface area contributed by atoms with Crippen LogP contribution in [0.3, 0.4) is 0 Å². The van der Waals surface area contributed by atoms with E-state index in [2.05, 4.69) is 32.5 Å². The minimum Gasteiger partial charge on any atom is -0.444 e. The molecule has 0 aliphatic carbocycles. The Balaban J connectivity index is 1.47. The maximum absolute atomic E-state index is 13.0. The molecule has 0 unspecified atom stereocenters. The van der Waals surface area contributed by atoms with Gasteiger partial charge in [0.25, 0.3) is 0 Å². The van der Waals surface area contributed by atoms with Gasteiger partial charge in [-0.05, 0) is 38.1 Å². The molecule has 2 aromatic heterocycles. The molecule has 0 bridgehead atoms. The zero-order valence-corrected chi connectivity index (χ0v) is 16.4. The maximum Gasteiger partial charge on any atom is 0.226 e. The lowest BCUT2D eigenvalue weighted by atomic mass is 10.2. The van der Waals surface area contributed by atoms with Gasteiger partial charge in [0.2, 0.25) is 5.89 Å². The Kier molecular flexibility index (Phi) is 6.18. The molecule has 2 N–H and O–H groups in total. The molecule has 0 aliphatic heterocycles. The molecule has 2 heterocycles. The number of benzene rings is 1. The lowest BCUT2D eigenvalue weighted by Gasteiger charge is -2.09. The number of halogens is 1. The summed E-state index contributed by atoms with van der Waals surface area (Å²) in [6.07, 6.45) is 2.30. The van der Waals surface area contributed by atoms with Crippen LogP contribution in [-0.2, 0) is 13.0 Å². The first kappa shape index (κ1) is 19.0. The molecular formula is C19H22FN5OS. The topological polar surface area (TPSA) is 75.3 Å². The number of rotatable bonds is 6. The molecule has 3 rings (SSSR count). The lowest BCUT2D eigenvalue weighted by Crippen LogP contribution is -2.37. The number of aromatic nitrogens is 2. The largest absolute Gasteiger partial charge is 0.444 e.